The molecule has 2 nitrogen and oxygen atoms in total. The summed E-state index contributed by atoms with van der Waals surface area (Å²) < 4.78 is 0. The van der Waals surface area contributed by atoms with E-state index < -0.39 is 0 Å². The molecule has 1 saturated heterocycles. The number of alkyl halides is 1. The molecule has 1 aliphatic heterocycles. The average Bonchev–Trinajstić information content (AvgIpc) is 2.59. The smallest absolute Gasteiger partial charge is 0.225 e. The molecule has 0 aromatic heterocycles. The molecule has 0 bridgehead atoms. The molecule has 0 aromatic carbocycles. The number of nitrogens with zero attached hydrogens (tertiary/aromatic N) is 1. The number of amides is 1. The third-order valence-electron chi connectivity index (χ3n) is 3.79. The Balaban J connectivity index is 1.85. The Labute approximate surface area is 101 Å². The minimum atomic E-state index is 0.384. The summed E-state index contributed by atoms with van der Waals surface area (Å²) in [6.07, 6.45) is 8.36. The van der Waals surface area contributed by atoms with Crippen LogP contribution in [0.15, 0.2) is 0 Å². The third-order valence-corrected chi connectivity index (χ3v) is 4.35. The zero-order chi connectivity index (χ0) is 10.7. The van der Waals surface area contributed by atoms with Crippen LogP contribution in [0.2, 0.25) is 0 Å². The number of halogens is 1. The first kappa shape index (κ1) is 11.4. The van der Waals surface area contributed by atoms with Gasteiger partial charge >= 0.3 is 0 Å². The summed E-state index contributed by atoms with van der Waals surface area (Å²) in [5.74, 6) is 0.841. The Kier molecular flexibility index (Phi) is 4.06. The minimum absolute atomic E-state index is 0.384. The van der Waals surface area contributed by atoms with Crippen molar-refractivity contribution >= 4 is 21.8 Å². The summed E-state index contributed by atoms with van der Waals surface area (Å²) in [6, 6.07) is 0.552. The van der Waals surface area contributed by atoms with Crippen LogP contribution in [0.3, 0.4) is 0 Å². The first-order valence-electron chi connectivity index (χ1n) is 6.19. The summed E-state index contributed by atoms with van der Waals surface area (Å²) in [5.41, 5.74) is 0. The molecule has 3 heteroatoms. The van der Waals surface area contributed by atoms with Gasteiger partial charge in [-0.3, -0.25) is 4.79 Å². The van der Waals surface area contributed by atoms with Crippen molar-refractivity contribution in [3.8, 4) is 0 Å². The maximum Gasteiger partial charge on any atom is 0.225 e. The summed E-state index contributed by atoms with van der Waals surface area (Å²) in [5, 5.41) is 1.06. The van der Waals surface area contributed by atoms with Crippen LogP contribution in [0.1, 0.15) is 44.9 Å². The van der Waals surface area contributed by atoms with Gasteiger partial charge in [-0.05, 0) is 38.5 Å². The van der Waals surface area contributed by atoms with Gasteiger partial charge in [-0.2, -0.15) is 0 Å². The summed E-state index contributed by atoms with van der Waals surface area (Å²) in [4.78, 5) is 14.3. The van der Waals surface area contributed by atoms with Gasteiger partial charge in [0.1, 0.15) is 0 Å². The quantitative estimate of drug-likeness (QED) is 0.722. The van der Waals surface area contributed by atoms with Crippen LogP contribution in [0.25, 0.3) is 0 Å². The van der Waals surface area contributed by atoms with E-state index >= 15 is 0 Å². The lowest BCUT2D eigenvalue weighted by Gasteiger charge is -2.32. The van der Waals surface area contributed by atoms with E-state index in [0.717, 1.165) is 24.7 Å². The lowest BCUT2D eigenvalue weighted by atomic mass is 9.84. The number of hydrogen-bond acceptors (Lipinski definition) is 1. The van der Waals surface area contributed by atoms with E-state index in [1.165, 1.54) is 32.1 Å². The molecule has 0 N–H and O–H groups in total. The van der Waals surface area contributed by atoms with Crippen molar-refractivity contribution in [1.29, 1.82) is 0 Å². The fraction of sp³-hybridized carbons (Fsp3) is 0.917. The van der Waals surface area contributed by atoms with Crippen LogP contribution >= 0.6 is 15.9 Å². The molecule has 1 unspecified atom stereocenters. The van der Waals surface area contributed by atoms with Gasteiger partial charge in [0.25, 0.3) is 0 Å². The molecule has 0 aromatic rings. The number of likely N-dealkylation sites (tertiary alicyclic amines) is 1. The maximum absolute atomic E-state index is 12.1. The maximum atomic E-state index is 12.1. The molecule has 1 amide bonds. The molecular formula is C12H20BrNO. The second-order valence-electron chi connectivity index (χ2n) is 4.79. The SMILES string of the molecule is O=C(C1CCC1)N1CCCC1CCCBr. The highest BCUT2D eigenvalue weighted by Crippen LogP contribution is 2.32. The summed E-state index contributed by atoms with van der Waals surface area (Å²) in [6.45, 7) is 1.02. The fourth-order valence-corrected chi connectivity index (χ4v) is 2.95. The molecule has 1 heterocycles. The molecule has 2 rings (SSSR count). The molecule has 86 valence electrons. The third kappa shape index (κ3) is 2.55. The van der Waals surface area contributed by atoms with Gasteiger partial charge in [-0.15, -0.1) is 0 Å². The lowest BCUT2D eigenvalue weighted by molar-refractivity contribution is -0.139. The Morgan fingerprint density at radius 3 is 2.67 bits per heavy atom. The molecule has 1 aliphatic carbocycles. The standard InChI is InChI=1S/C12H20BrNO/c13-8-2-6-11-7-3-9-14(11)12(15)10-4-1-5-10/h10-11H,1-9H2. The Bertz CT molecular complexity index is 228. The second kappa shape index (κ2) is 5.33. The highest BCUT2D eigenvalue weighted by atomic mass is 79.9. The van der Waals surface area contributed by atoms with E-state index in [2.05, 4.69) is 20.8 Å². The molecular weight excluding hydrogens is 254 g/mol. The molecule has 15 heavy (non-hydrogen) atoms. The second-order valence-corrected chi connectivity index (χ2v) is 5.58. The summed E-state index contributed by atoms with van der Waals surface area (Å²) >= 11 is 3.46. The van der Waals surface area contributed by atoms with Crippen LogP contribution < -0.4 is 0 Å². The molecule has 2 aliphatic rings. The first-order valence-corrected chi connectivity index (χ1v) is 7.31. The lowest BCUT2D eigenvalue weighted by Crippen LogP contribution is -2.41. The normalized spacial score (nSPS) is 26.7. The Morgan fingerprint density at radius 1 is 1.27 bits per heavy atom. The topological polar surface area (TPSA) is 20.3 Å². The zero-order valence-electron chi connectivity index (χ0n) is 9.25. The minimum Gasteiger partial charge on any atom is -0.339 e. The van der Waals surface area contributed by atoms with Crippen molar-refractivity contribution in [3.05, 3.63) is 0 Å². The van der Waals surface area contributed by atoms with E-state index in [-0.39, 0.29) is 0 Å². The van der Waals surface area contributed by atoms with Gasteiger partial charge in [0.2, 0.25) is 5.91 Å². The van der Waals surface area contributed by atoms with E-state index in [1.807, 2.05) is 0 Å². The van der Waals surface area contributed by atoms with E-state index in [4.69, 9.17) is 0 Å². The van der Waals surface area contributed by atoms with Gasteiger partial charge in [0.15, 0.2) is 0 Å². The molecule has 1 saturated carbocycles. The van der Waals surface area contributed by atoms with Gasteiger partial charge in [-0.1, -0.05) is 22.4 Å². The zero-order valence-corrected chi connectivity index (χ0v) is 10.8. The first-order chi connectivity index (χ1) is 7.33. The highest BCUT2D eigenvalue weighted by molar-refractivity contribution is 9.09. The van der Waals surface area contributed by atoms with Crippen molar-refractivity contribution in [2.24, 2.45) is 5.92 Å². The van der Waals surface area contributed by atoms with Gasteiger partial charge in [0.05, 0.1) is 0 Å². The molecule has 2 fully saturated rings. The van der Waals surface area contributed by atoms with Crippen molar-refractivity contribution in [3.63, 3.8) is 0 Å². The van der Waals surface area contributed by atoms with Crippen molar-refractivity contribution in [1.82, 2.24) is 4.90 Å². The Morgan fingerprint density at radius 2 is 2.07 bits per heavy atom. The van der Waals surface area contributed by atoms with Crippen LogP contribution in [0.5, 0.6) is 0 Å². The number of carbonyl (C=O) groups excluding carboxylic acids is 1. The number of rotatable bonds is 4. The number of hydrogen-bond donors (Lipinski definition) is 0. The largest absolute Gasteiger partial charge is 0.339 e. The van der Waals surface area contributed by atoms with Crippen LogP contribution in [0.4, 0.5) is 0 Å². The highest BCUT2D eigenvalue weighted by Gasteiger charge is 2.34. The van der Waals surface area contributed by atoms with Crippen molar-refractivity contribution in [2.45, 2.75) is 51.0 Å². The molecule has 1 atom stereocenters. The Hall–Kier alpha value is -0.0500. The predicted octanol–water partition coefficient (Wildman–Crippen LogP) is 2.95. The van der Waals surface area contributed by atoms with E-state index in [1.54, 1.807) is 0 Å². The average molecular weight is 274 g/mol. The predicted molar refractivity (Wildman–Crippen MR) is 65.1 cm³/mol. The van der Waals surface area contributed by atoms with Gasteiger partial charge < -0.3 is 4.90 Å². The van der Waals surface area contributed by atoms with Crippen LogP contribution in [0, 0.1) is 5.92 Å². The summed E-state index contributed by atoms with van der Waals surface area (Å²) in [7, 11) is 0. The van der Waals surface area contributed by atoms with E-state index in [9.17, 15) is 4.79 Å². The van der Waals surface area contributed by atoms with Gasteiger partial charge in [-0.25, -0.2) is 0 Å². The van der Waals surface area contributed by atoms with E-state index in [0.29, 0.717) is 17.9 Å². The van der Waals surface area contributed by atoms with Gasteiger partial charge in [0, 0.05) is 23.8 Å². The van der Waals surface area contributed by atoms with Crippen LogP contribution in [-0.4, -0.2) is 28.7 Å². The fourth-order valence-electron chi connectivity index (χ4n) is 2.63. The monoisotopic (exact) mass is 273 g/mol. The van der Waals surface area contributed by atoms with Crippen LogP contribution in [-0.2, 0) is 4.79 Å². The number of carbonyl (C=O) groups is 1. The van der Waals surface area contributed by atoms with Crippen molar-refractivity contribution in [2.75, 3.05) is 11.9 Å². The van der Waals surface area contributed by atoms with Crippen molar-refractivity contribution < 1.29 is 4.79 Å². The molecule has 0 radical (unpaired) electrons. The molecule has 0 spiro atoms.